The molecule has 0 aromatic heterocycles. The van der Waals surface area contributed by atoms with Gasteiger partial charge >= 0.3 is 0 Å². The summed E-state index contributed by atoms with van der Waals surface area (Å²) in [5, 5.41) is 1.07. The average Bonchev–Trinajstić information content (AvgIpc) is 2.19. The Hall–Kier alpha value is 0.440. The second-order valence-corrected chi connectivity index (χ2v) is 4.70. The first-order chi connectivity index (χ1) is 6.38. The molecule has 78 valence electrons. The molecule has 2 atom stereocenters. The third-order valence-electron chi connectivity index (χ3n) is 2.97. The molecule has 1 rings (SSSR count). The molecule has 0 amide bonds. The summed E-state index contributed by atoms with van der Waals surface area (Å²) in [6, 6.07) is 0. The molecule has 0 spiro atoms. The van der Waals surface area contributed by atoms with E-state index in [1.54, 1.807) is 0 Å². The Morgan fingerprint density at radius 3 is 2.77 bits per heavy atom. The van der Waals surface area contributed by atoms with E-state index in [-0.39, 0.29) is 0 Å². The van der Waals surface area contributed by atoms with E-state index in [0.29, 0.717) is 6.10 Å². The van der Waals surface area contributed by atoms with E-state index in [1.807, 2.05) is 0 Å². The molecule has 0 aromatic rings. The zero-order valence-electron chi connectivity index (χ0n) is 8.60. The fraction of sp³-hybridized carbons (Fsp3) is 1.00. The maximum absolute atomic E-state index is 5.90. The zero-order chi connectivity index (χ0) is 9.52. The lowest BCUT2D eigenvalue weighted by Gasteiger charge is -2.30. The van der Waals surface area contributed by atoms with Gasteiger partial charge in [0, 0.05) is 11.9 Å². The first-order valence-electron chi connectivity index (χ1n) is 5.56. The highest BCUT2D eigenvalue weighted by molar-refractivity contribution is 9.09. The summed E-state index contributed by atoms with van der Waals surface area (Å²) in [5.41, 5.74) is 0. The third kappa shape index (κ3) is 3.99. The van der Waals surface area contributed by atoms with Gasteiger partial charge in [0.25, 0.3) is 0 Å². The Labute approximate surface area is 90.4 Å². The number of alkyl halides is 1. The Bertz CT molecular complexity index is 127. The second kappa shape index (κ2) is 6.83. The van der Waals surface area contributed by atoms with E-state index >= 15 is 0 Å². The van der Waals surface area contributed by atoms with Crippen molar-refractivity contribution in [3.8, 4) is 0 Å². The van der Waals surface area contributed by atoms with Crippen LogP contribution >= 0.6 is 15.9 Å². The SMILES string of the molecule is CCC1CCCCC1OCCCBr. The monoisotopic (exact) mass is 248 g/mol. The third-order valence-corrected chi connectivity index (χ3v) is 3.53. The van der Waals surface area contributed by atoms with Crippen molar-refractivity contribution in [1.29, 1.82) is 0 Å². The highest BCUT2D eigenvalue weighted by Crippen LogP contribution is 2.29. The summed E-state index contributed by atoms with van der Waals surface area (Å²) in [6.07, 6.45) is 8.46. The van der Waals surface area contributed by atoms with E-state index in [0.717, 1.165) is 24.3 Å². The van der Waals surface area contributed by atoms with E-state index in [2.05, 4.69) is 22.9 Å². The molecule has 13 heavy (non-hydrogen) atoms. The van der Waals surface area contributed by atoms with Crippen molar-refractivity contribution < 1.29 is 4.74 Å². The Balaban J connectivity index is 2.19. The predicted octanol–water partition coefficient (Wildman–Crippen LogP) is 3.76. The first-order valence-corrected chi connectivity index (χ1v) is 6.68. The maximum Gasteiger partial charge on any atom is 0.0603 e. The molecule has 0 radical (unpaired) electrons. The van der Waals surface area contributed by atoms with Crippen molar-refractivity contribution in [2.75, 3.05) is 11.9 Å². The molecule has 1 fully saturated rings. The van der Waals surface area contributed by atoms with Crippen LogP contribution in [0.2, 0.25) is 0 Å². The van der Waals surface area contributed by atoms with E-state index < -0.39 is 0 Å². The van der Waals surface area contributed by atoms with Crippen molar-refractivity contribution in [1.82, 2.24) is 0 Å². The minimum atomic E-state index is 0.567. The van der Waals surface area contributed by atoms with E-state index in [1.165, 1.54) is 32.1 Å². The highest BCUT2D eigenvalue weighted by atomic mass is 79.9. The first kappa shape index (κ1) is 11.5. The molecule has 2 unspecified atom stereocenters. The molecule has 1 nitrogen and oxygen atoms in total. The van der Waals surface area contributed by atoms with Crippen LogP contribution in [0.4, 0.5) is 0 Å². The molecular formula is C11H21BrO. The van der Waals surface area contributed by atoms with Gasteiger partial charge in [-0.05, 0) is 25.2 Å². The maximum atomic E-state index is 5.90. The number of hydrogen-bond donors (Lipinski definition) is 0. The molecule has 1 saturated carbocycles. The van der Waals surface area contributed by atoms with Gasteiger partial charge < -0.3 is 4.74 Å². The second-order valence-electron chi connectivity index (χ2n) is 3.90. The minimum absolute atomic E-state index is 0.567. The van der Waals surface area contributed by atoms with Gasteiger partial charge in [-0.3, -0.25) is 0 Å². The standard InChI is InChI=1S/C11H21BrO/c1-2-10-6-3-4-7-11(10)13-9-5-8-12/h10-11H,2-9H2,1H3. The van der Waals surface area contributed by atoms with Crippen LogP contribution in [0.15, 0.2) is 0 Å². The fourth-order valence-corrected chi connectivity index (χ4v) is 2.38. The Kier molecular flexibility index (Phi) is 6.05. The number of halogens is 1. The van der Waals surface area contributed by atoms with Crippen molar-refractivity contribution in [2.24, 2.45) is 5.92 Å². The van der Waals surface area contributed by atoms with Gasteiger partial charge in [0.05, 0.1) is 6.10 Å². The summed E-state index contributed by atoms with van der Waals surface area (Å²) in [5.74, 6) is 0.837. The quantitative estimate of drug-likeness (QED) is 0.532. The lowest BCUT2D eigenvalue weighted by molar-refractivity contribution is -0.0111. The largest absolute Gasteiger partial charge is 0.378 e. The van der Waals surface area contributed by atoms with Crippen LogP contribution in [0.1, 0.15) is 45.4 Å². The smallest absolute Gasteiger partial charge is 0.0603 e. The molecule has 0 bridgehead atoms. The summed E-state index contributed by atoms with van der Waals surface area (Å²) in [4.78, 5) is 0. The molecule has 2 heteroatoms. The Morgan fingerprint density at radius 1 is 1.31 bits per heavy atom. The zero-order valence-corrected chi connectivity index (χ0v) is 10.2. The molecule has 0 aliphatic heterocycles. The Morgan fingerprint density at radius 2 is 2.08 bits per heavy atom. The number of hydrogen-bond acceptors (Lipinski definition) is 1. The number of rotatable bonds is 5. The highest BCUT2D eigenvalue weighted by Gasteiger charge is 2.23. The van der Waals surface area contributed by atoms with E-state index in [9.17, 15) is 0 Å². The van der Waals surface area contributed by atoms with Crippen LogP contribution in [0.25, 0.3) is 0 Å². The molecule has 0 N–H and O–H groups in total. The minimum Gasteiger partial charge on any atom is -0.378 e. The molecular weight excluding hydrogens is 228 g/mol. The van der Waals surface area contributed by atoms with Crippen molar-refractivity contribution in [3.63, 3.8) is 0 Å². The molecule has 1 aliphatic rings. The van der Waals surface area contributed by atoms with Crippen molar-refractivity contribution in [3.05, 3.63) is 0 Å². The summed E-state index contributed by atoms with van der Waals surface area (Å²) < 4.78 is 5.90. The molecule has 1 aliphatic carbocycles. The van der Waals surface area contributed by atoms with E-state index in [4.69, 9.17) is 4.74 Å². The average molecular weight is 249 g/mol. The van der Waals surface area contributed by atoms with Crippen molar-refractivity contribution in [2.45, 2.75) is 51.6 Å². The summed E-state index contributed by atoms with van der Waals surface area (Å²) in [6.45, 7) is 3.23. The van der Waals surface area contributed by atoms with Crippen LogP contribution < -0.4 is 0 Å². The fourth-order valence-electron chi connectivity index (χ4n) is 2.15. The van der Waals surface area contributed by atoms with Gasteiger partial charge in [-0.2, -0.15) is 0 Å². The predicted molar refractivity (Wildman–Crippen MR) is 60.4 cm³/mol. The van der Waals surface area contributed by atoms with Gasteiger partial charge in [0.2, 0.25) is 0 Å². The lowest BCUT2D eigenvalue weighted by Crippen LogP contribution is -2.27. The van der Waals surface area contributed by atoms with Crippen LogP contribution in [-0.4, -0.2) is 18.0 Å². The summed E-state index contributed by atoms with van der Waals surface area (Å²) in [7, 11) is 0. The van der Waals surface area contributed by atoms with Gasteiger partial charge in [0.15, 0.2) is 0 Å². The van der Waals surface area contributed by atoms with Crippen LogP contribution in [0.3, 0.4) is 0 Å². The molecule has 0 aromatic carbocycles. The van der Waals surface area contributed by atoms with Gasteiger partial charge in [-0.1, -0.05) is 42.1 Å². The van der Waals surface area contributed by atoms with Gasteiger partial charge in [-0.25, -0.2) is 0 Å². The molecule has 0 heterocycles. The lowest BCUT2D eigenvalue weighted by atomic mass is 9.85. The van der Waals surface area contributed by atoms with Crippen LogP contribution in [0, 0.1) is 5.92 Å². The number of ether oxygens (including phenoxy) is 1. The molecule has 0 saturated heterocycles. The van der Waals surface area contributed by atoms with Crippen LogP contribution in [-0.2, 0) is 4.74 Å². The van der Waals surface area contributed by atoms with Crippen LogP contribution in [0.5, 0.6) is 0 Å². The van der Waals surface area contributed by atoms with Gasteiger partial charge in [0.1, 0.15) is 0 Å². The normalized spacial score (nSPS) is 29.1. The summed E-state index contributed by atoms with van der Waals surface area (Å²) >= 11 is 3.43. The van der Waals surface area contributed by atoms with Gasteiger partial charge in [-0.15, -0.1) is 0 Å². The topological polar surface area (TPSA) is 9.23 Å². The van der Waals surface area contributed by atoms with Crippen molar-refractivity contribution >= 4 is 15.9 Å².